The minimum absolute atomic E-state index is 0.0602. The van der Waals surface area contributed by atoms with Gasteiger partial charge >= 0.3 is 0 Å². The number of para-hydroxylation sites is 1. The van der Waals surface area contributed by atoms with Crippen molar-refractivity contribution in [1.29, 1.82) is 0 Å². The standard InChI is InChI=1S/C22H23N3O/c1-3-25(19-11-5-4-6-12-19)20-13-14-21(23-16-20)24-22(26)15-18-10-8-7-9-17(18)2/h4-14,16H,3,15H2,1-2H3,(H,23,24,26). The first-order chi connectivity index (χ1) is 12.7. The van der Waals surface area contributed by atoms with E-state index >= 15 is 0 Å². The molecule has 0 aliphatic rings. The van der Waals surface area contributed by atoms with Crippen molar-refractivity contribution in [1.82, 2.24) is 4.98 Å². The van der Waals surface area contributed by atoms with E-state index in [1.54, 1.807) is 6.20 Å². The van der Waals surface area contributed by atoms with Crippen LogP contribution in [0.25, 0.3) is 0 Å². The Kier molecular flexibility index (Phi) is 5.64. The molecule has 2 aromatic carbocycles. The summed E-state index contributed by atoms with van der Waals surface area (Å²) in [4.78, 5) is 18.8. The zero-order valence-electron chi connectivity index (χ0n) is 15.1. The number of aromatic nitrogens is 1. The molecule has 0 aliphatic heterocycles. The van der Waals surface area contributed by atoms with Gasteiger partial charge in [0.05, 0.1) is 18.3 Å². The molecule has 26 heavy (non-hydrogen) atoms. The van der Waals surface area contributed by atoms with Crippen LogP contribution >= 0.6 is 0 Å². The van der Waals surface area contributed by atoms with Crippen LogP contribution in [0.5, 0.6) is 0 Å². The Morgan fingerprint density at radius 1 is 0.962 bits per heavy atom. The molecule has 4 heteroatoms. The largest absolute Gasteiger partial charge is 0.341 e. The van der Waals surface area contributed by atoms with Gasteiger partial charge in [-0.1, -0.05) is 42.5 Å². The lowest BCUT2D eigenvalue weighted by molar-refractivity contribution is -0.115. The van der Waals surface area contributed by atoms with Gasteiger partial charge in [-0.2, -0.15) is 0 Å². The van der Waals surface area contributed by atoms with Crippen molar-refractivity contribution < 1.29 is 4.79 Å². The van der Waals surface area contributed by atoms with Crippen LogP contribution in [0, 0.1) is 6.92 Å². The molecule has 1 heterocycles. The third-order valence-electron chi connectivity index (χ3n) is 4.32. The van der Waals surface area contributed by atoms with Gasteiger partial charge in [0.25, 0.3) is 0 Å². The molecule has 0 bridgehead atoms. The molecule has 0 unspecified atom stereocenters. The van der Waals surface area contributed by atoms with Crippen LogP contribution in [0.3, 0.4) is 0 Å². The fourth-order valence-electron chi connectivity index (χ4n) is 2.91. The van der Waals surface area contributed by atoms with Crippen molar-refractivity contribution >= 4 is 23.1 Å². The van der Waals surface area contributed by atoms with Gasteiger partial charge < -0.3 is 10.2 Å². The molecule has 0 saturated heterocycles. The van der Waals surface area contributed by atoms with Crippen LogP contribution in [0.15, 0.2) is 72.9 Å². The van der Waals surface area contributed by atoms with Crippen LogP contribution < -0.4 is 10.2 Å². The van der Waals surface area contributed by atoms with E-state index in [1.807, 2.05) is 61.5 Å². The maximum absolute atomic E-state index is 12.3. The first-order valence-electron chi connectivity index (χ1n) is 8.80. The molecule has 4 nitrogen and oxygen atoms in total. The number of nitrogens with one attached hydrogen (secondary N) is 1. The molecule has 0 atom stereocenters. The summed E-state index contributed by atoms with van der Waals surface area (Å²) in [5.41, 5.74) is 4.26. The Labute approximate surface area is 154 Å². The SMILES string of the molecule is CCN(c1ccccc1)c1ccc(NC(=O)Cc2ccccc2C)nc1. The van der Waals surface area contributed by atoms with E-state index < -0.39 is 0 Å². The Hall–Kier alpha value is -3.14. The maximum Gasteiger partial charge on any atom is 0.229 e. The van der Waals surface area contributed by atoms with Crippen molar-refractivity contribution in [3.63, 3.8) is 0 Å². The smallest absolute Gasteiger partial charge is 0.229 e. The Morgan fingerprint density at radius 2 is 1.69 bits per heavy atom. The lowest BCUT2D eigenvalue weighted by Crippen LogP contribution is -2.18. The number of nitrogens with zero attached hydrogens (tertiary/aromatic N) is 2. The molecule has 1 N–H and O–H groups in total. The van der Waals surface area contributed by atoms with E-state index in [0.29, 0.717) is 12.2 Å². The summed E-state index contributed by atoms with van der Waals surface area (Å²) in [5, 5.41) is 2.87. The second-order valence-corrected chi connectivity index (χ2v) is 6.13. The average Bonchev–Trinajstić information content (AvgIpc) is 2.66. The van der Waals surface area contributed by atoms with Gasteiger partial charge in [0.15, 0.2) is 0 Å². The fourth-order valence-corrected chi connectivity index (χ4v) is 2.91. The normalized spacial score (nSPS) is 10.4. The van der Waals surface area contributed by atoms with Crippen molar-refractivity contribution in [3.05, 3.63) is 84.1 Å². The molecule has 0 aliphatic carbocycles. The highest BCUT2D eigenvalue weighted by atomic mass is 16.1. The zero-order chi connectivity index (χ0) is 18.4. The molecule has 0 spiro atoms. The van der Waals surface area contributed by atoms with Gasteiger partial charge in [-0.15, -0.1) is 0 Å². The Bertz CT molecular complexity index is 860. The number of benzene rings is 2. The van der Waals surface area contributed by atoms with Gasteiger partial charge in [-0.3, -0.25) is 4.79 Å². The van der Waals surface area contributed by atoms with Crippen molar-refractivity contribution in [2.24, 2.45) is 0 Å². The topological polar surface area (TPSA) is 45.2 Å². The predicted molar refractivity (Wildman–Crippen MR) is 107 cm³/mol. The summed E-state index contributed by atoms with van der Waals surface area (Å²) >= 11 is 0. The number of pyridine rings is 1. The highest BCUT2D eigenvalue weighted by molar-refractivity contribution is 5.91. The first-order valence-corrected chi connectivity index (χ1v) is 8.80. The van der Waals surface area contributed by atoms with Crippen molar-refractivity contribution in [2.45, 2.75) is 20.3 Å². The van der Waals surface area contributed by atoms with E-state index in [0.717, 1.165) is 29.0 Å². The van der Waals surface area contributed by atoms with Crippen LogP contribution in [-0.2, 0) is 11.2 Å². The maximum atomic E-state index is 12.3. The van der Waals surface area contributed by atoms with E-state index in [2.05, 4.69) is 34.3 Å². The lowest BCUT2D eigenvalue weighted by atomic mass is 10.1. The summed E-state index contributed by atoms with van der Waals surface area (Å²) in [6, 6.07) is 21.9. The van der Waals surface area contributed by atoms with Gasteiger partial charge in [0, 0.05) is 12.2 Å². The zero-order valence-corrected chi connectivity index (χ0v) is 15.1. The third-order valence-corrected chi connectivity index (χ3v) is 4.32. The fraction of sp³-hybridized carbons (Fsp3) is 0.182. The van der Waals surface area contributed by atoms with Crippen LogP contribution in [0.2, 0.25) is 0 Å². The number of carbonyl (C=O) groups is 1. The molecule has 3 rings (SSSR count). The van der Waals surface area contributed by atoms with E-state index in [-0.39, 0.29) is 5.91 Å². The number of anilines is 3. The number of aryl methyl sites for hydroxylation is 1. The highest BCUT2D eigenvalue weighted by Gasteiger charge is 2.09. The van der Waals surface area contributed by atoms with Gasteiger partial charge in [0.1, 0.15) is 5.82 Å². The Balaban J connectivity index is 1.67. The third kappa shape index (κ3) is 4.28. The van der Waals surface area contributed by atoms with E-state index in [9.17, 15) is 4.79 Å². The summed E-state index contributed by atoms with van der Waals surface area (Å²) in [6.45, 7) is 4.95. The first kappa shape index (κ1) is 17.7. The number of hydrogen-bond acceptors (Lipinski definition) is 3. The molecule has 1 aromatic heterocycles. The second-order valence-electron chi connectivity index (χ2n) is 6.13. The van der Waals surface area contributed by atoms with Crippen molar-refractivity contribution in [2.75, 3.05) is 16.8 Å². The summed E-state index contributed by atoms with van der Waals surface area (Å²) in [7, 11) is 0. The van der Waals surface area contributed by atoms with Gasteiger partial charge in [0.2, 0.25) is 5.91 Å². The molecule has 3 aromatic rings. The van der Waals surface area contributed by atoms with Gasteiger partial charge in [-0.05, 0) is 49.2 Å². The summed E-state index contributed by atoms with van der Waals surface area (Å²) in [6.07, 6.45) is 2.14. The highest BCUT2D eigenvalue weighted by Crippen LogP contribution is 2.24. The average molecular weight is 345 g/mol. The summed E-state index contributed by atoms with van der Waals surface area (Å²) in [5.74, 6) is 0.506. The molecular formula is C22H23N3O. The van der Waals surface area contributed by atoms with Crippen LogP contribution in [0.1, 0.15) is 18.1 Å². The molecular weight excluding hydrogens is 322 g/mol. The van der Waals surface area contributed by atoms with E-state index in [4.69, 9.17) is 0 Å². The molecule has 0 radical (unpaired) electrons. The van der Waals surface area contributed by atoms with E-state index in [1.165, 1.54) is 0 Å². The summed E-state index contributed by atoms with van der Waals surface area (Å²) < 4.78 is 0. The molecule has 0 saturated carbocycles. The van der Waals surface area contributed by atoms with Crippen LogP contribution in [-0.4, -0.2) is 17.4 Å². The predicted octanol–water partition coefficient (Wildman–Crippen LogP) is 4.73. The number of carbonyl (C=O) groups excluding carboxylic acids is 1. The number of rotatable bonds is 6. The van der Waals surface area contributed by atoms with Crippen molar-refractivity contribution in [3.8, 4) is 0 Å². The quantitative estimate of drug-likeness (QED) is 0.702. The second kappa shape index (κ2) is 8.30. The van der Waals surface area contributed by atoms with Gasteiger partial charge in [-0.25, -0.2) is 4.98 Å². The van der Waals surface area contributed by atoms with Crippen LogP contribution in [0.4, 0.5) is 17.2 Å². The molecule has 0 fully saturated rings. The number of hydrogen-bond donors (Lipinski definition) is 1. The Morgan fingerprint density at radius 3 is 2.35 bits per heavy atom. The lowest BCUT2D eigenvalue weighted by Gasteiger charge is -2.23. The minimum atomic E-state index is -0.0602. The minimum Gasteiger partial charge on any atom is -0.341 e. The monoisotopic (exact) mass is 345 g/mol. The number of amides is 1. The molecule has 132 valence electrons. The molecule has 1 amide bonds.